The third-order valence-corrected chi connectivity index (χ3v) is 6.92. The Bertz CT molecular complexity index is 833. The monoisotopic (exact) mass is 474 g/mol. The summed E-state index contributed by atoms with van der Waals surface area (Å²) in [6.07, 6.45) is 4.76. The number of amides is 2. The van der Waals surface area contributed by atoms with E-state index in [1.807, 2.05) is 39.0 Å². The van der Waals surface area contributed by atoms with Gasteiger partial charge in [0.1, 0.15) is 17.7 Å². The van der Waals surface area contributed by atoms with Crippen molar-refractivity contribution in [2.45, 2.75) is 95.3 Å². The van der Waals surface area contributed by atoms with Gasteiger partial charge in [-0.05, 0) is 64.9 Å². The number of hydrogen-bond acceptors (Lipinski definition) is 6. The molecule has 3 fully saturated rings. The molecule has 2 unspecified atom stereocenters. The molecule has 1 aliphatic carbocycles. The Morgan fingerprint density at radius 3 is 2.41 bits per heavy atom. The normalized spacial score (nSPS) is 29.6. The first-order chi connectivity index (χ1) is 16.2. The Labute approximate surface area is 202 Å². The van der Waals surface area contributed by atoms with Crippen molar-refractivity contribution in [3.05, 3.63) is 35.9 Å². The molecule has 1 aromatic carbocycles. The third kappa shape index (κ3) is 6.21. The first-order valence-electron chi connectivity index (χ1n) is 12.5. The number of nitrogens with one attached hydrogen (secondary N) is 1. The van der Waals surface area contributed by atoms with E-state index in [-0.39, 0.29) is 30.9 Å². The predicted octanol–water partition coefficient (Wildman–Crippen LogP) is 4.41. The van der Waals surface area contributed by atoms with Crippen molar-refractivity contribution in [1.82, 2.24) is 10.2 Å². The average Bonchev–Trinajstić information content (AvgIpc) is 3.17. The highest BCUT2D eigenvalue weighted by atomic mass is 16.6. The summed E-state index contributed by atoms with van der Waals surface area (Å²) in [5.74, 6) is 0. The Kier molecular flexibility index (Phi) is 7.67. The number of piperidine rings is 1. The van der Waals surface area contributed by atoms with Crippen LogP contribution in [0.15, 0.2) is 30.3 Å². The lowest BCUT2D eigenvalue weighted by atomic mass is 9.82. The van der Waals surface area contributed by atoms with E-state index in [4.69, 9.17) is 18.9 Å². The maximum Gasteiger partial charge on any atom is 0.410 e. The van der Waals surface area contributed by atoms with Crippen LogP contribution in [0.4, 0.5) is 9.59 Å². The fraction of sp³-hybridized carbons (Fsp3) is 0.692. The van der Waals surface area contributed by atoms with Gasteiger partial charge in [-0.1, -0.05) is 30.3 Å². The lowest BCUT2D eigenvalue weighted by Crippen LogP contribution is -2.66. The molecule has 2 amide bonds. The zero-order valence-corrected chi connectivity index (χ0v) is 20.6. The van der Waals surface area contributed by atoms with Crippen LogP contribution in [0.25, 0.3) is 0 Å². The number of likely N-dealkylation sites (tertiary alicyclic amines) is 1. The van der Waals surface area contributed by atoms with Crippen molar-refractivity contribution in [2.24, 2.45) is 0 Å². The average molecular weight is 475 g/mol. The summed E-state index contributed by atoms with van der Waals surface area (Å²) in [5.41, 5.74) is -0.0466. The van der Waals surface area contributed by atoms with E-state index >= 15 is 0 Å². The zero-order valence-electron chi connectivity index (χ0n) is 20.6. The summed E-state index contributed by atoms with van der Waals surface area (Å²) in [6.45, 7) is 7.34. The van der Waals surface area contributed by atoms with Gasteiger partial charge in [0.15, 0.2) is 0 Å². The van der Waals surface area contributed by atoms with Gasteiger partial charge in [-0.15, -0.1) is 0 Å². The molecule has 8 nitrogen and oxygen atoms in total. The second-order valence-corrected chi connectivity index (χ2v) is 10.7. The van der Waals surface area contributed by atoms with E-state index in [2.05, 4.69) is 17.4 Å². The van der Waals surface area contributed by atoms with E-state index in [9.17, 15) is 9.59 Å². The van der Waals surface area contributed by atoms with Crippen LogP contribution in [-0.4, -0.2) is 66.2 Å². The van der Waals surface area contributed by atoms with Crippen molar-refractivity contribution in [1.29, 1.82) is 0 Å². The number of ether oxygens (including phenoxy) is 4. The molecule has 2 heterocycles. The number of alkyl carbamates (subject to hydrolysis) is 1. The number of cyclic esters (lactones) is 1. The molecule has 188 valence electrons. The number of rotatable bonds is 6. The SMILES string of the molecule is CC(C)(C)OC(=O)N1CCCC2(COC(=O)N2)C1COC1CCC(OCc2ccccc2)CC1. The maximum absolute atomic E-state index is 13.0. The highest BCUT2D eigenvalue weighted by Crippen LogP contribution is 2.34. The van der Waals surface area contributed by atoms with E-state index in [0.29, 0.717) is 19.8 Å². The molecule has 0 radical (unpaired) electrons. The quantitative estimate of drug-likeness (QED) is 0.657. The second kappa shape index (κ2) is 10.5. The zero-order chi connectivity index (χ0) is 24.2. The van der Waals surface area contributed by atoms with Gasteiger partial charge in [-0.3, -0.25) is 0 Å². The molecule has 1 saturated carbocycles. The topological polar surface area (TPSA) is 86.3 Å². The summed E-state index contributed by atoms with van der Waals surface area (Å²) in [7, 11) is 0. The number of benzene rings is 1. The molecule has 1 N–H and O–H groups in total. The lowest BCUT2D eigenvalue weighted by molar-refractivity contribution is -0.0728. The molecular formula is C26H38N2O6. The first-order valence-corrected chi connectivity index (χ1v) is 12.5. The smallest absolute Gasteiger partial charge is 0.410 e. The van der Waals surface area contributed by atoms with Gasteiger partial charge in [0.25, 0.3) is 0 Å². The molecular weight excluding hydrogens is 436 g/mol. The lowest BCUT2D eigenvalue weighted by Gasteiger charge is -2.46. The molecule has 2 atom stereocenters. The Morgan fingerprint density at radius 2 is 1.79 bits per heavy atom. The maximum atomic E-state index is 13.0. The van der Waals surface area contributed by atoms with Gasteiger partial charge in [0, 0.05) is 6.54 Å². The minimum absolute atomic E-state index is 0.106. The van der Waals surface area contributed by atoms with Crippen LogP contribution in [0.3, 0.4) is 0 Å². The molecule has 1 aromatic rings. The van der Waals surface area contributed by atoms with Crippen molar-refractivity contribution < 1.29 is 28.5 Å². The van der Waals surface area contributed by atoms with Gasteiger partial charge in [-0.25, -0.2) is 9.59 Å². The van der Waals surface area contributed by atoms with Crippen molar-refractivity contribution in [3.63, 3.8) is 0 Å². The van der Waals surface area contributed by atoms with Gasteiger partial charge in [0.2, 0.25) is 0 Å². The summed E-state index contributed by atoms with van der Waals surface area (Å²) in [4.78, 5) is 26.7. The van der Waals surface area contributed by atoms with Gasteiger partial charge in [0.05, 0.1) is 31.5 Å². The van der Waals surface area contributed by atoms with Crippen molar-refractivity contribution >= 4 is 12.2 Å². The highest BCUT2D eigenvalue weighted by molar-refractivity contribution is 5.73. The van der Waals surface area contributed by atoms with Crippen LogP contribution >= 0.6 is 0 Å². The molecule has 4 rings (SSSR count). The molecule has 8 heteroatoms. The first kappa shape index (κ1) is 24.8. The van der Waals surface area contributed by atoms with E-state index in [0.717, 1.165) is 38.5 Å². The van der Waals surface area contributed by atoms with Crippen molar-refractivity contribution in [2.75, 3.05) is 19.8 Å². The molecule has 3 aliphatic rings. The summed E-state index contributed by atoms with van der Waals surface area (Å²) in [6, 6.07) is 9.89. The van der Waals surface area contributed by atoms with Crippen LogP contribution in [-0.2, 0) is 25.6 Å². The van der Waals surface area contributed by atoms with Crippen LogP contribution in [0.1, 0.15) is 64.9 Å². The largest absolute Gasteiger partial charge is 0.447 e. The second-order valence-electron chi connectivity index (χ2n) is 10.7. The summed E-state index contributed by atoms with van der Waals surface area (Å²) < 4.78 is 23.4. The minimum atomic E-state index is -0.637. The van der Waals surface area contributed by atoms with Crippen LogP contribution in [0, 0.1) is 0 Å². The van der Waals surface area contributed by atoms with Crippen LogP contribution < -0.4 is 5.32 Å². The molecule has 34 heavy (non-hydrogen) atoms. The Morgan fingerprint density at radius 1 is 1.12 bits per heavy atom. The Balaban J connectivity index is 1.33. The van der Waals surface area contributed by atoms with Crippen LogP contribution in [0.2, 0.25) is 0 Å². The van der Waals surface area contributed by atoms with Gasteiger partial charge < -0.3 is 29.2 Å². The van der Waals surface area contributed by atoms with E-state index in [1.54, 1.807) is 4.90 Å². The summed E-state index contributed by atoms with van der Waals surface area (Å²) >= 11 is 0. The van der Waals surface area contributed by atoms with Crippen molar-refractivity contribution in [3.8, 4) is 0 Å². The number of carbonyl (C=O) groups is 2. The fourth-order valence-corrected chi connectivity index (χ4v) is 5.14. The predicted molar refractivity (Wildman–Crippen MR) is 126 cm³/mol. The molecule has 0 aromatic heterocycles. The van der Waals surface area contributed by atoms with E-state index < -0.39 is 17.2 Å². The highest BCUT2D eigenvalue weighted by Gasteiger charge is 2.52. The Hall–Kier alpha value is -2.32. The molecule has 2 saturated heterocycles. The van der Waals surface area contributed by atoms with Gasteiger partial charge >= 0.3 is 12.2 Å². The molecule has 1 spiro atoms. The van der Waals surface area contributed by atoms with E-state index in [1.165, 1.54) is 5.56 Å². The summed E-state index contributed by atoms with van der Waals surface area (Å²) in [5, 5.41) is 2.98. The van der Waals surface area contributed by atoms with Crippen LogP contribution in [0.5, 0.6) is 0 Å². The number of nitrogens with zero attached hydrogens (tertiary/aromatic N) is 1. The third-order valence-electron chi connectivity index (χ3n) is 6.92. The number of carbonyl (C=O) groups excluding carboxylic acids is 2. The minimum Gasteiger partial charge on any atom is -0.447 e. The molecule has 0 bridgehead atoms. The fourth-order valence-electron chi connectivity index (χ4n) is 5.14. The van der Waals surface area contributed by atoms with Gasteiger partial charge in [-0.2, -0.15) is 0 Å². The standard InChI is InChI=1S/C26H38N2O6/c1-25(2,3)34-24(30)28-15-7-14-26(18-33-23(29)27-26)22(28)17-32-21-12-10-20(11-13-21)31-16-19-8-5-4-6-9-19/h4-6,8-9,20-22H,7,10-18H2,1-3H3,(H,27,29). The molecule has 2 aliphatic heterocycles. The number of hydrogen-bond donors (Lipinski definition) is 1.